The first-order valence-electron chi connectivity index (χ1n) is 28.8. The Morgan fingerprint density at radius 2 is 0.842 bits per heavy atom. The standard InChI is InChI=1S/C52H72N14O29/c67-8-22-1-23(45(86)53-51(17-72,19-88-13-25-4-63(59-55-25)47-41(82)37(78)33(74)29(9-68)92-47)20-89-14-26-5-64(60-56-26)48-42(83)38(79)34(75)30(10-69)93-48)3-24(2-22)46(87)54-52(18-73,91-16-28-7-66(62-58-28)50-44(85)40(81)36(77)32(12-71)95-50)21-90-15-27-6-65(61-57-27)49-43(84)39(80)35(76)31(11-70)94-49/h1-7,29-37,39,41,43,47-50,67-85H,8-21H2,(H,53,86)(H,54,87)/t29-,30+,31-,32+,33-,34-,35-,36-,37+,39+,41-,43-,47-,48+,49-,50+,51+,52-/m0/s1. The van der Waals surface area contributed by atoms with Gasteiger partial charge in [0.2, 0.25) is 12.5 Å². The van der Waals surface area contributed by atoms with Gasteiger partial charge in [0.15, 0.2) is 41.2 Å². The highest BCUT2D eigenvalue weighted by Crippen LogP contribution is 2.33. The number of aliphatic hydroxyl groups excluding tert-OH is 19. The predicted molar refractivity (Wildman–Crippen MR) is 297 cm³/mol. The third kappa shape index (κ3) is 15.8. The van der Waals surface area contributed by atoms with Crippen LogP contribution in [0.25, 0.3) is 0 Å². The summed E-state index contributed by atoms with van der Waals surface area (Å²) in [5.41, 5.74) is -5.10. The van der Waals surface area contributed by atoms with Crippen LogP contribution in [0.15, 0.2) is 66.0 Å². The highest BCUT2D eigenvalue weighted by molar-refractivity contribution is 6.00. The molecule has 0 unspecified atom stereocenters. The molecule has 4 aliphatic rings. The van der Waals surface area contributed by atoms with Gasteiger partial charge >= 0.3 is 0 Å². The van der Waals surface area contributed by atoms with E-state index in [9.17, 15) is 107 Å². The van der Waals surface area contributed by atoms with Crippen LogP contribution in [-0.2, 0) is 70.9 Å². The van der Waals surface area contributed by atoms with E-state index in [2.05, 4.69) is 51.9 Å². The first-order valence-corrected chi connectivity index (χ1v) is 28.8. The van der Waals surface area contributed by atoms with Crippen LogP contribution in [0.1, 0.15) is 74.0 Å². The van der Waals surface area contributed by atoms with Crippen LogP contribution in [0.3, 0.4) is 0 Å². The van der Waals surface area contributed by atoms with Gasteiger partial charge in [-0.1, -0.05) is 20.9 Å². The highest BCUT2D eigenvalue weighted by atomic mass is 16.6. The fourth-order valence-corrected chi connectivity index (χ4v) is 10.1. The molecule has 0 bridgehead atoms. The Kier molecular flexibility index (Phi) is 23.5. The largest absolute Gasteiger partial charge is 0.506 e. The molecule has 2 fully saturated rings. The Morgan fingerprint density at radius 3 is 1.24 bits per heavy atom. The minimum atomic E-state index is -2.32. The number of carbonyl (C=O) groups excluding carboxylic acids is 2. The number of nitrogens with one attached hydrogen (secondary N) is 2. The predicted octanol–water partition coefficient (Wildman–Crippen LogP) is -9.61. The fourth-order valence-electron chi connectivity index (χ4n) is 10.1. The first-order chi connectivity index (χ1) is 45.4. The van der Waals surface area contributed by atoms with E-state index >= 15 is 0 Å². The number of aliphatic hydroxyl groups is 19. The molecule has 5 aromatic rings. The zero-order valence-electron chi connectivity index (χ0n) is 49.6. The maximum atomic E-state index is 14.6. The maximum Gasteiger partial charge on any atom is 0.253 e. The fraction of sp³-hybridized carbons (Fsp3) is 0.615. The van der Waals surface area contributed by atoms with Crippen LogP contribution < -0.4 is 10.6 Å². The summed E-state index contributed by atoms with van der Waals surface area (Å²) in [6, 6.07) is 3.37. The molecule has 2 saturated heterocycles. The number of amides is 2. The van der Waals surface area contributed by atoms with E-state index in [0.29, 0.717) is 0 Å². The van der Waals surface area contributed by atoms with Gasteiger partial charge in [-0.2, -0.15) is 0 Å². The summed E-state index contributed by atoms with van der Waals surface area (Å²) in [7, 11) is 0. The summed E-state index contributed by atoms with van der Waals surface area (Å²) in [6.45, 7) is -10.0. The highest BCUT2D eigenvalue weighted by Gasteiger charge is 2.47. The van der Waals surface area contributed by atoms with E-state index in [1.54, 1.807) is 0 Å². The molecule has 43 heteroatoms. The summed E-state index contributed by atoms with van der Waals surface area (Å²) in [5.74, 6) is -5.71. The number of benzene rings is 1. The van der Waals surface area contributed by atoms with Gasteiger partial charge in [0.25, 0.3) is 11.8 Å². The van der Waals surface area contributed by atoms with Crippen molar-refractivity contribution >= 4 is 11.8 Å². The molecule has 18 atom stereocenters. The van der Waals surface area contributed by atoms with Gasteiger partial charge < -0.3 is 146 Å². The van der Waals surface area contributed by atoms with Crippen LogP contribution >= 0.6 is 0 Å². The lowest BCUT2D eigenvalue weighted by Crippen LogP contribution is -2.58. The Labute approximate surface area is 533 Å². The molecule has 9 rings (SSSR count). The van der Waals surface area contributed by atoms with E-state index in [-0.39, 0.29) is 39.5 Å². The van der Waals surface area contributed by atoms with Gasteiger partial charge in [-0.25, -0.2) is 18.7 Å². The van der Waals surface area contributed by atoms with Gasteiger partial charge in [-0.05, 0) is 23.8 Å². The molecule has 21 N–H and O–H groups in total. The van der Waals surface area contributed by atoms with Crippen molar-refractivity contribution in [3.05, 3.63) is 105 Å². The van der Waals surface area contributed by atoms with Crippen molar-refractivity contribution in [1.82, 2.24) is 70.6 Å². The number of rotatable bonds is 30. The van der Waals surface area contributed by atoms with Gasteiger partial charge in [0.1, 0.15) is 102 Å². The molecule has 4 aliphatic heterocycles. The van der Waals surface area contributed by atoms with Crippen molar-refractivity contribution in [2.75, 3.05) is 59.5 Å². The van der Waals surface area contributed by atoms with Crippen LogP contribution in [-0.4, -0.2) is 313 Å². The number of carbonyl (C=O) groups is 2. The number of hydrogen-bond donors (Lipinski definition) is 21. The average molecular weight is 1360 g/mol. The second-order valence-corrected chi connectivity index (χ2v) is 22.4. The lowest BCUT2D eigenvalue weighted by Gasteiger charge is -2.39. The summed E-state index contributed by atoms with van der Waals surface area (Å²) in [6.07, 6.45) is -20.7. The van der Waals surface area contributed by atoms with E-state index in [0.717, 1.165) is 37.1 Å². The smallest absolute Gasteiger partial charge is 0.253 e. The van der Waals surface area contributed by atoms with Crippen LogP contribution in [0.5, 0.6) is 0 Å². The minimum absolute atomic E-state index is 0.0108. The van der Waals surface area contributed by atoms with Crippen LogP contribution in [0.2, 0.25) is 0 Å². The second kappa shape index (κ2) is 31.1. The first kappa shape index (κ1) is 71.8. The minimum Gasteiger partial charge on any atom is -0.506 e. The molecule has 0 saturated carbocycles. The van der Waals surface area contributed by atoms with Crippen molar-refractivity contribution in [2.24, 2.45) is 0 Å². The van der Waals surface area contributed by atoms with E-state index in [1.165, 1.54) is 24.7 Å². The summed E-state index contributed by atoms with van der Waals surface area (Å²) in [5, 5.41) is 233. The molecular weight excluding hydrogens is 1280 g/mol. The molecule has 4 aromatic heterocycles. The third-order valence-corrected chi connectivity index (χ3v) is 15.5. The topological polar surface area (TPSA) is 639 Å². The van der Waals surface area contributed by atoms with E-state index in [4.69, 9.17) is 37.9 Å². The molecule has 95 heavy (non-hydrogen) atoms. The zero-order chi connectivity index (χ0) is 68.6. The Balaban J connectivity index is 0.951. The van der Waals surface area contributed by atoms with Gasteiger partial charge in [0.05, 0.1) is 117 Å². The number of aromatic nitrogens is 12. The van der Waals surface area contributed by atoms with Crippen LogP contribution in [0, 0.1) is 0 Å². The normalized spacial score (nSPS) is 29.5. The molecule has 0 radical (unpaired) electrons. The third-order valence-electron chi connectivity index (χ3n) is 15.5. The van der Waals surface area contributed by atoms with Gasteiger partial charge in [-0.3, -0.25) is 9.59 Å². The molecule has 43 nitrogen and oxygen atoms in total. The molecular formula is C52H72N14O29. The second-order valence-electron chi connectivity index (χ2n) is 22.4. The molecule has 2 amide bonds. The van der Waals surface area contributed by atoms with Crippen molar-refractivity contribution in [1.29, 1.82) is 0 Å². The van der Waals surface area contributed by atoms with Gasteiger partial charge in [-0.15, -0.1) is 20.4 Å². The molecule has 0 spiro atoms. The Bertz CT molecular complexity index is 3440. The summed E-state index contributed by atoms with van der Waals surface area (Å²) >= 11 is 0. The zero-order valence-corrected chi connectivity index (χ0v) is 49.6. The van der Waals surface area contributed by atoms with Crippen molar-refractivity contribution in [3.63, 3.8) is 0 Å². The lowest BCUT2D eigenvalue weighted by molar-refractivity contribution is -0.254. The number of hydrogen-bond acceptors (Lipinski definition) is 37. The van der Waals surface area contributed by atoms with E-state index in [1.807, 2.05) is 0 Å². The molecule has 524 valence electrons. The summed E-state index contributed by atoms with van der Waals surface area (Å²) < 4.78 is 49.7. The Morgan fingerprint density at radius 1 is 0.453 bits per heavy atom. The van der Waals surface area contributed by atoms with Crippen LogP contribution in [0.4, 0.5) is 0 Å². The SMILES string of the molecule is O=C(N[C@@](CO)(COCc1cn([C@@H]2O[C@H](CO)[C@H](O)C(O)=C2O)nn1)COCc1cn([C@H]2O[C@@H](CO)[C@H](O)[C@@H](O)[C@@H]2O)nn1)c1cc(CO)cc(C(=O)N[C@](CO)(COCc2cn([C@H]3O[C@@H](CO)[C@H](O)[C@@H](O)[C@@H]3O)nn2)OCc2cn([C@@H]3O[C@H](CO)[C@H](O)C(O)=C3O)nn2)c1. The number of ether oxygens (including phenoxy) is 8. The number of nitrogens with zero attached hydrogens (tertiary/aromatic N) is 12. The lowest BCUT2D eigenvalue weighted by atomic mass is 9.98. The van der Waals surface area contributed by atoms with Gasteiger partial charge in [0, 0.05) is 11.1 Å². The summed E-state index contributed by atoms with van der Waals surface area (Å²) in [4.78, 5) is 29.2. The van der Waals surface area contributed by atoms with Crippen molar-refractivity contribution < 1.29 is 145 Å². The van der Waals surface area contributed by atoms with Crippen molar-refractivity contribution in [3.8, 4) is 0 Å². The Hall–Kier alpha value is -7.52. The van der Waals surface area contributed by atoms with Crippen molar-refractivity contribution in [2.45, 2.75) is 142 Å². The quantitative estimate of drug-likeness (QED) is 0.0190. The van der Waals surface area contributed by atoms with E-state index < -0.39 is 237 Å². The monoisotopic (exact) mass is 1360 g/mol. The molecule has 1 aromatic carbocycles. The molecule has 8 heterocycles. The average Bonchev–Trinajstić information content (AvgIpc) is 1.81. The molecule has 0 aliphatic carbocycles. The maximum absolute atomic E-state index is 14.6.